The molecule has 2 saturated heterocycles. The fourth-order valence-corrected chi connectivity index (χ4v) is 10.7. The molecule has 2 N–H and O–H groups in total. The third-order valence-electron chi connectivity index (χ3n) is 13.5. The van der Waals surface area contributed by atoms with Crippen LogP contribution in [0.4, 0.5) is 4.79 Å². The molecule has 7 rings (SSSR count). The third-order valence-corrected chi connectivity index (χ3v) is 14.3. The molecule has 352 valence electrons. The average Bonchev–Trinajstić information content (AvgIpc) is 3.78. The molecule has 0 spiro atoms. The van der Waals surface area contributed by atoms with E-state index in [1.54, 1.807) is 20.4 Å². The van der Waals surface area contributed by atoms with Gasteiger partial charge in [-0.3, -0.25) is 24.4 Å². The summed E-state index contributed by atoms with van der Waals surface area (Å²) in [5.74, 6) is -1.49. The summed E-state index contributed by atoms with van der Waals surface area (Å²) in [6.07, 6.45) is 6.05. The molecule has 0 aliphatic carbocycles. The van der Waals surface area contributed by atoms with E-state index in [-0.39, 0.29) is 37.0 Å². The highest BCUT2D eigenvalue weighted by Gasteiger charge is 2.39. The molecule has 1 aromatic carbocycles. The number of aryl methyl sites for hydroxylation is 1. The number of carbonyl (C=O) groups excluding carboxylic acids is 4. The predicted octanol–water partition coefficient (Wildman–Crippen LogP) is 6.70. The second-order valence-electron chi connectivity index (χ2n) is 19.4. The van der Waals surface area contributed by atoms with E-state index in [0.717, 1.165) is 63.9 Å². The number of urea groups is 1. The Balaban J connectivity index is 1.26. The van der Waals surface area contributed by atoms with Crippen LogP contribution in [0, 0.1) is 11.3 Å². The van der Waals surface area contributed by atoms with Crippen LogP contribution >= 0.6 is 11.3 Å². The lowest BCUT2D eigenvalue weighted by molar-refractivity contribution is -0.155. The van der Waals surface area contributed by atoms with Crippen molar-refractivity contribution < 1.29 is 28.7 Å². The lowest BCUT2D eigenvalue weighted by Gasteiger charge is -2.37. The summed E-state index contributed by atoms with van der Waals surface area (Å²) in [7, 11) is 7.51. The number of rotatable bonds is 9. The van der Waals surface area contributed by atoms with Crippen molar-refractivity contribution in [2.75, 3.05) is 54.5 Å². The van der Waals surface area contributed by atoms with E-state index >= 15 is 0 Å². The number of aromatic nitrogens is 3. The zero-order chi connectivity index (χ0) is 46.7. The summed E-state index contributed by atoms with van der Waals surface area (Å²) >= 11 is 1.44. The van der Waals surface area contributed by atoms with E-state index in [0.29, 0.717) is 56.5 Å². The van der Waals surface area contributed by atoms with Gasteiger partial charge in [0.25, 0.3) is 5.91 Å². The first-order chi connectivity index (χ1) is 31.0. The molecule has 3 aromatic heterocycles. The average molecular weight is 912 g/mol. The van der Waals surface area contributed by atoms with Crippen molar-refractivity contribution in [1.29, 1.82) is 0 Å². The molecule has 4 aromatic rings. The number of ether oxygens (including phenoxy) is 2. The molecule has 15 nitrogen and oxygen atoms in total. The Morgan fingerprint density at radius 1 is 1.06 bits per heavy atom. The summed E-state index contributed by atoms with van der Waals surface area (Å²) in [6.45, 7) is 14.6. The number of carbonyl (C=O) groups is 4. The second kappa shape index (κ2) is 20.3. The second-order valence-corrected chi connectivity index (χ2v) is 20.3. The van der Waals surface area contributed by atoms with Crippen molar-refractivity contribution in [2.45, 2.75) is 123 Å². The Morgan fingerprint density at radius 3 is 2.55 bits per heavy atom. The number of pyridine rings is 1. The highest BCUT2D eigenvalue weighted by molar-refractivity contribution is 7.10. The molecule has 65 heavy (non-hydrogen) atoms. The molecule has 6 bridgehead atoms. The molecule has 3 aliphatic rings. The van der Waals surface area contributed by atoms with Crippen LogP contribution in [0.25, 0.3) is 33.4 Å². The minimum Gasteiger partial charge on any atom is -0.464 e. The first-order valence-corrected chi connectivity index (χ1v) is 24.2. The molecule has 3 aliphatic heterocycles. The maximum absolute atomic E-state index is 14.7. The quantitative estimate of drug-likeness (QED) is 0.174. The Morgan fingerprint density at radius 2 is 1.83 bits per heavy atom. The number of fused-ring (bicyclic) bond motifs is 6. The minimum atomic E-state index is -1.04. The van der Waals surface area contributed by atoms with Crippen molar-refractivity contribution in [2.24, 2.45) is 11.3 Å². The largest absolute Gasteiger partial charge is 0.464 e. The van der Waals surface area contributed by atoms with Crippen LogP contribution in [0.1, 0.15) is 96.0 Å². The molecule has 0 radical (unpaired) electrons. The molecule has 16 heteroatoms. The number of methoxy groups -OCH3 is 1. The van der Waals surface area contributed by atoms with Gasteiger partial charge >= 0.3 is 12.0 Å². The number of likely N-dealkylation sites (N-methyl/N-ethyl adjacent to an activating group) is 1. The van der Waals surface area contributed by atoms with Crippen molar-refractivity contribution in [3.8, 4) is 22.5 Å². The van der Waals surface area contributed by atoms with E-state index in [1.807, 2.05) is 37.1 Å². The molecule has 2 fully saturated rings. The van der Waals surface area contributed by atoms with Gasteiger partial charge in [-0.2, -0.15) is 0 Å². The topological polar surface area (TPSA) is 154 Å². The van der Waals surface area contributed by atoms with E-state index in [9.17, 15) is 19.2 Å². The number of hydrogen-bond donors (Lipinski definition) is 2. The van der Waals surface area contributed by atoms with E-state index in [4.69, 9.17) is 19.4 Å². The number of benzene rings is 1. The maximum atomic E-state index is 14.7. The lowest BCUT2D eigenvalue weighted by atomic mass is 9.84. The highest BCUT2D eigenvalue weighted by atomic mass is 32.1. The van der Waals surface area contributed by atoms with Crippen LogP contribution in [0.3, 0.4) is 0 Å². The zero-order valence-corrected chi connectivity index (χ0v) is 40.8. The number of likely N-dealkylation sites (tertiary alicyclic amines) is 1. The monoisotopic (exact) mass is 912 g/mol. The molecule has 4 amide bonds. The van der Waals surface area contributed by atoms with Gasteiger partial charge in [-0.25, -0.2) is 15.2 Å². The summed E-state index contributed by atoms with van der Waals surface area (Å²) < 4.78 is 14.3. The molecular formula is C49H69N9O6S. The van der Waals surface area contributed by atoms with Gasteiger partial charge in [0.15, 0.2) is 0 Å². The maximum Gasteiger partial charge on any atom is 0.324 e. The van der Waals surface area contributed by atoms with Gasteiger partial charge in [0.1, 0.15) is 18.1 Å². The van der Waals surface area contributed by atoms with Gasteiger partial charge in [0.05, 0.1) is 34.8 Å². The molecule has 1 unspecified atom stereocenters. The van der Waals surface area contributed by atoms with Gasteiger partial charge < -0.3 is 34.1 Å². The fraction of sp³-hybridized carbons (Fsp3) is 0.592. The standard InChI is InChI=1S/C49H69N9O6S/c1-11-57-40-19-18-32-25-35(40)36(44(57)34-16-12-21-50-42(34)31(4)63-10)27-49(5,6)29-64-47(61)37-17-14-23-58(53-37)46(60)38(26-41-51-39(32)28-65-41)52-45(59)43(30(2)3)55(9)48(62)56-22-13-15-33(20-24-56)54(7)8/h12,16,18-19,21,25,28,30-31,33,37-38,43,53H,11,13-15,17,20,22-24,26-27,29H2,1-10H3,(H,52,59)/t31-,33-,37-,38-,43?/m0/s1. The highest BCUT2D eigenvalue weighted by Crippen LogP contribution is 2.42. The number of nitrogens with one attached hydrogen (secondary N) is 2. The fourth-order valence-electron chi connectivity index (χ4n) is 9.88. The van der Waals surface area contributed by atoms with E-state index in [1.165, 1.54) is 21.2 Å². The van der Waals surface area contributed by atoms with Gasteiger partial charge in [0, 0.05) is 91.8 Å². The van der Waals surface area contributed by atoms with E-state index in [2.05, 4.69) is 79.3 Å². The Labute approximate surface area is 388 Å². The molecular weight excluding hydrogens is 843 g/mol. The van der Waals surface area contributed by atoms with Crippen molar-refractivity contribution >= 4 is 46.1 Å². The van der Waals surface area contributed by atoms with Gasteiger partial charge in [-0.05, 0) is 102 Å². The van der Waals surface area contributed by atoms with Gasteiger partial charge in [-0.1, -0.05) is 33.8 Å². The van der Waals surface area contributed by atoms with Crippen LogP contribution < -0.4 is 10.7 Å². The first kappa shape index (κ1) is 48.0. The van der Waals surface area contributed by atoms with Gasteiger partial charge in [0.2, 0.25) is 5.91 Å². The summed E-state index contributed by atoms with van der Waals surface area (Å²) in [6, 6.07) is 8.03. The lowest BCUT2D eigenvalue weighted by Crippen LogP contribution is -2.62. The summed E-state index contributed by atoms with van der Waals surface area (Å²) in [4.78, 5) is 72.6. The zero-order valence-electron chi connectivity index (χ0n) is 40.0. The van der Waals surface area contributed by atoms with Crippen molar-refractivity contribution in [3.63, 3.8) is 0 Å². The summed E-state index contributed by atoms with van der Waals surface area (Å²) in [5, 5.41) is 8.26. The number of thiazole rings is 1. The van der Waals surface area contributed by atoms with Crippen molar-refractivity contribution in [1.82, 2.24) is 45.0 Å². The Bertz CT molecular complexity index is 2360. The van der Waals surface area contributed by atoms with Crippen LogP contribution in [0.5, 0.6) is 0 Å². The first-order valence-electron chi connectivity index (χ1n) is 23.3. The minimum absolute atomic E-state index is 0.114. The van der Waals surface area contributed by atoms with Crippen LogP contribution in [0.2, 0.25) is 0 Å². The molecule has 6 heterocycles. The Hall–Kier alpha value is -4.90. The predicted molar refractivity (Wildman–Crippen MR) is 254 cm³/mol. The van der Waals surface area contributed by atoms with E-state index < -0.39 is 35.4 Å². The van der Waals surface area contributed by atoms with Crippen LogP contribution in [0.15, 0.2) is 41.9 Å². The number of hydrogen-bond acceptors (Lipinski definition) is 11. The normalized spacial score (nSPS) is 21.8. The van der Waals surface area contributed by atoms with Gasteiger partial charge in [-0.15, -0.1) is 11.3 Å². The number of amides is 4. The number of esters is 1. The Kier molecular flexibility index (Phi) is 15.0. The summed E-state index contributed by atoms with van der Waals surface area (Å²) in [5.41, 5.74) is 9.42. The SMILES string of the molecule is CCn1c(-c2cccnc2[C@H](C)OC)c2c3cc(ccc31)-c1csc(n1)C[C@H](NC(=O)C(C(C)C)N(C)C(=O)N1CCC[C@H](N(C)C)CC1)C(=O)N1CCC[C@H](N1)C(=O)OCC(C)(C)C2. The third kappa shape index (κ3) is 10.4. The van der Waals surface area contributed by atoms with Crippen LogP contribution in [-0.2, 0) is 43.2 Å². The number of cyclic esters (lactones) is 1. The van der Waals surface area contributed by atoms with Crippen LogP contribution in [-0.4, -0.2) is 137 Å². The molecule has 0 saturated carbocycles. The number of hydrazine groups is 1. The van der Waals surface area contributed by atoms with Crippen molar-refractivity contribution in [3.05, 3.63) is 58.2 Å². The smallest absolute Gasteiger partial charge is 0.324 e. The number of nitrogens with zero attached hydrogens (tertiary/aromatic N) is 7. The molecule has 5 atom stereocenters.